The van der Waals surface area contributed by atoms with Crippen molar-refractivity contribution in [3.05, 3.63) is 36.0 Å². The first-order valence-electron chi connectivity index (χ1n) is 5.18. The maximum Gasteiger partial charge on any atom is 0.207 e. The Bertz CT molecular complexity index is 325. The molecule has 0 saturated carbocycles. The van der Waals surface area contributed by atoms with E-state index < -0.39 is 0 Å². The summed E-state index contributed by atoms with van der Waals surface area (Å²) >= 11 is 0. The van der Waals surface area contributed by atoms with Crippen molar-refractivity contribution >= 4 is 6.41 Å². The smallest absolute Gasteiger partial charge is 0.207 e. The molecule has 2 rings (SSSR count). The number of ether oxygens (including phenoxy) is 1. The van der Waals surface area contributed by atoms with Crippen molar-refractivity contribution < 1.29 is 9.53 Å². The minimum atomic E-state index is -0.256. The molecule has 0 aromatic heterocycles. The SMILES string of the molecule is O=CNC1(/C2=C/C=CC/C=C\C2)COC1. The van der Waals surface area contributed by atoms with Gasteiger partial charge >= 0.3 is 0 Å². The summed E-state index contributed by atoms with van der Waals surface area (Å²) < 4.78 is 5.21. The molecule has 0 unspecified atom stereocenters. The Hall–Kier alpha value is -1.35. The summed E-state index contributed by atoms with van der Waals surface area (Å²) in [5.41, 5.74) is 0.960. The van der Waals surface area contributed by atoms with E-state index in [2.05, 4.69) is 29.6 Å². The van der Waals surface area contributed by atoms with Gasteiger partial charge in [0.2, 0.25) is 6.41 Å². The molecule has 15 heavy (non-hydrogen) atoms. The molecule has 1 fully saturated rings. The molecule has 1 aliphatic heterocycles. The zero-order valence-electron chi connectivity index (χ0n) is 8.61. The third-order valence-electron chi connectivity index (χ3n) is 2.86. The molecule has 0 atom stereocenters. The van der Waals surface area contributed by atoms with Gasteiger partial charge in [-0.05, 0) is 18.4 Å². The van der Waals surface area contributed by atoms with Crippen LogP contribution in [0, 0.1) is 0 Å². The van der Waals surface area contributed by atoms with Crippen LogP contribution in [0.3, 0.4) is 0 Å². The standard InChI is InChI=1S/C12H15NO2/c14-10-13-12(8-15-9-12)11-6-4-2-1-3-5-7-11/h2-6,10H,1,7-9H2,(H,13,14)/b4-2?,5-3-,11-6+. The average Bonchev–Trinajstić information content (AvgIpc) is 2.12. The summed E-state index contributed by atoms with van der Waals surface area (Å²) in [5.74, 6) is 0. The van der Waals surface area contributed by atoms with Gasteiger partial charge in [0.25, 0.3) is 0 Å². The monoisotopic (exact) mass is 205 g/mol. The Morgan fingerprint density at radius 3 is 2.87 bits per heavy atom. The maximum absolute atomic E-state index is 10.6. The highest BCUT2D eigenvalue weighted by molar-refractivity contribution is 5.52. The fourth-order valence-corrected chi connectivity index (χ4v) is 1.85. The van der Waals surface area contributed by atoms with Gasteiger partial charge < -0.3 is 10.1 Å². The van der Waals surface area contributed by atoms with E-state index in [1.165, 1.54) is 5.57 Å². The average molecular weight is 205 g/mol. The molecule has 0 aromatic rings. The van der Waals surface area contributed by atoms with Gasteiger partial charge in [-0.25, -0.2) is 0 Å². The zero-order chi connectivity index (χ0) is 10.6. The first-order chi connectivity index (χ1) is 7.37. The van der Waals surface area contributed by atoms with Gasteiger partial charge in [-0.1, -0.05) is 30.4 Å². The quantitative estimate of drug-likeness (QED) is 0.557. The number of hydrogen-bond donors (Lipinski definition) is 1. The summed E-state index contributed by atoms with van der Waals surface area (Å²) in [6.07, 6.45) is 13.1. The predicted octanol–water partition coefficient (Wildman–Crippen LogP) is 1.33. The summed E-state index contributed by atoms with van der Waals surface area (Å²) in [6.45, 7) is 1.17. The highest BCUT2D eigenvalue weighted by Gasteiger charge is 2.40. The first-order valence-corrected chi connectivity index (χ1v) is 5.18. The van der Waals surface area contributed by atoms with Crippen LogP contribution >= 0.6 is 0 Å². The molecule has 0 aromatic carbocycles. The lowest BCUT2D eigenvalue weighted by Gasteiger charge is -2.42. The molecule has 1 amide bonds. The van der Waals surface area contributed by atoms with Gasteiger partial charge in [0.05, 0.1) is 13.2 Å². The topological polar surface area (TPSA) is 38.3 Å². The molecule has 0 bridgehead atoms. The van der Waals surface area contributed by atoms with Gasteiger partial charge in [-0.3, -0.25) is 4.79 Å². The van der Waals surface area contributed by atoms with Gasteiger partial charge in [0.15, 0.2) is 0 Å². The molecule has 1 saturated heterocycles. The Labute approximate surface area is 89.5 Å². The minimum Gasteiger partial charge on any atom is -0.376 e. The lowest BCUT2D eigenvalue weighted by atomic mass is 9.84. The van der Waals surface area contributed by atoms with Crippen LogP contribution in [0.1, 0.15) is 12.8 Å². The van der Waals surface area contributed by atoms with Gasteiger partial charge in [-0.15, -0.1) is 0 Å². The van der Waals surface area contributed by atoms with Crippen molar-refractivity contribution in [2.75, 3.05) is 13.2 Å². The summed E-state index contributed by atoms with van der Waals surface area (Å²) in [7, 11) is 0. The van der Waals surface area contributed by atoms with Crippen molar-refractivity contribution in [3.8, 4) is 0 Å². The number of nitrogens with one attached hydrogen (secondary N) is 1. The number of carbonyl (C=O) groups excluding carboxylic acids is 1. The van der Waals surface area contributed by atoms with Crippen LogP contribution in [0.2, 0.25) is 0 Å². The van der Waals surface area contributed by atoms with Crippen LogP contribution in [0.4, 0.5) is 0 Å². The fraction of sp³-hybridized carbons (Fsp3) is 0.417. The van der Waals surface area contributed by atoms with Crippen LogP contribution in [0.15, 0.2) is 36.0 Å². The number of carbonyl (C=O) groups is 1. The Balaban J connectivity index is 2.18. The largest absolute Gasteiger partial charge is 0.376 e. The molecular formula is C12H15NO2. The molecular weight excluding hydrogens is 190 g/mol. The van der Waals surface area contributed by atoms with Crippen molar-refractivity contribution in [1.82, 2.24) is 5.32 Å². The molecule has 1 heterocycles. The van der Waals surface area contributed by atoms with Crippen molar-refractivity contribution in [1.29, 1.82) is 0 Å². The Kier molecular flexibility index (Phi) is 3.02. The Morgan fingerprint density at radius 1 is 1.33 bits per heavy atom. The van der Waals surface area contributed by atoms with Crippen molar-refractivity contribution in [2.24, 2.45) is 0 Å². The highest BCUT2D eigenvalue weighted by Crippen LogP contribution is 2.29. The number of allylic oxidation sites excluding steroid dienone is 5. The molecule has 1 aliphatic carbocycles. The molecule has 3 nitrogen and oxygen atoms in total. The van der Waals surface area contributed by atoms with E-state index in [0.29, 0.717) is 13.2 Å². The maximum atomic E-state index is 10.6. The minimum absolute atomic E-state index is 0.256. The van der Waals surface area contributed by atoms with Crippen molar-refractivity contribution in [3.63, 3.8) is 0 Å². The molecule has 80 valence electrons. The lowest BCUT2D eigenvalue weighted by Crippen LogP contribution is -2.61. The predicted molar refractivity (Wildman–Crippen MR) is 58.3 cm³/mol. The van der Waals surface area contributed by atoms with Crippen molar-refractivity contribution in [2.45, 2.75) is 18.4 Å². The zero-order valence-corrected chi connectivity index (χ0v) is 8.61. The molecule has 0 radical (unpaired) electrons. The van der Waals surface area contributed by atoms with E-state index in [4.69, 9.17) is 4.74 Å². The van der Waals surface area contributed by atoms with Crippen LogP contribution in [-0.2, 0) is 9.53 Å². The van der Waals surface area contributed by atoms with E-state index in [1.54, 1.807) is 0 Å². The fourth-order valence-electron chi connectivity index (χ4n) is 1.85. The number of hydrogen-bond acceptors (Lipinski definition) is 2. The van der Waals surface area contributed by atoms with E-state index in [0.717, 1.165) is 19.3 Å². The normalized spacial score (nSPS) is 28.9. The highest BCUT2D eigenvalue weighted by atomic mass is 16.5. The Morgan fingerprint density at radius 2 is 2.20 bits per heavy atom. The second-order valence-corrected chi connectivity index (χ2v) is 3.87. The van der Waals surface area contributed by atoms with Gasteiger partial charge in [0, 0.05) is 0 Å². The summed E-state index contributed by atoms with van der Waals surface area (Å²) in [5, 5.41) is 2.87. The van der Waals surface area contributed by atoms with Gasteiger partial charge in [-0.2, -0.15) is 0 Å². The third kappa shape index (κ3) is 2.02. The second kappa shape index (κ2) is 4.45. The summed E-state index contributed by atoms with van der Waals surface area (Å²) in [4.78, 5) is 10.6. The third-order valence-corrected chi connectivity index (χ3v) is 2.86. The van der Waals surface area contributed by atoms with Crippen LogP contribution in [0.25, 0.3) is 0 Å². The molecule has 3 heteroatoms. The molecule has 1 N–H and O–H groups in total. The second-order valence-electron chi connectivity index (χ2n) is 3.87. The number of amides is 1. The molecule has 0 spiro atoms. The first kappa shape index (κ1) is 10.2. The van der Waals surface area contributed by atoms with Crippen LogP contribution in [0.5, 0.6) is 0 Å². The molecule has 2 aliphatic rings. The van der Waals surface area contributed by atoms with E-state index in [1.807, 2.05) is 6.08 Å². The lowest BCUT2D eigenvalue weighted by molar-refractivity contribution is -0.118. The van der Waals surface area contributed by atoms with Crippen LogP contribution < -0.4 is 5.32 Å². The number of rotatable bonds is 3. The van der Waals surface area contributed by atoms with Crippen LogP contribution in [-0.4, -0.2) is 25.2 Å². The van der Waals surface area contributed by atoms with E-state index in [-0.39, 0.29) is 5.54 Å². The van der Waals surface area contributed by atoms with E-state index in [9.17, 15) is 4.79 Å². The van der Waals surface area contributed by atoms with Gasteiger partial charge in [0.1, 0.15) is 5.54 Å². The van der Waals surface area contributed by atoms with E-state index >= 15 is 0 Å². The summed E-state index contributed by atoms with van der Waals surface area (Å²) in [6, 6.07) is 0.